The molecule has 4 nitrogen and oxygen atoms in total. The lowest BCUT2D eigenvalue weighted by Crippen LogP contribution is -2.26. The molecule has 0 saturated heterocycles. The quantitative estimate of drug-likeness (QED) is 0.897. The average Bonchev–Trinajstić information content (AvgIpc) is 2.34. The second-order valence-corrected chi connectivity index (χ2v) is 5.56. The number of rotatable bonds is 5. The van der Waals surface area contributed by atoms with Gasteiger partial charge in [-0.05, 0) is 47.8 Å². The summed E-state index contributed by atoms with van der Waals surface area (Å²) < 4.78 is 24.5. The molecule has 0 amide bonds. The van der Waals surface area contributed by atoms with Crippen molar-refractivity contribution in [1.29, 1.82) is 0 Å². The maximum absolute atomic E-state index is 14.2. The Balaban J connectivity index is 3.31. The molecule has 0 saturated carbocycles. The zero-order chi connectivity index (χ0) is 14.8. The Bertz CT molecular complexity index is 500. The van der Waals surface area contributed by atoms with Crippen molar-refractivity contribution in [2.75, 3.05) is 14.2 Å². The Morgan fingerprint density at radius 3 is 2.42 bits per heavy atom. The van der Waals surface area contributed by atoms with Crippen LogP contribution < -0.4 is 9.47 Å². The highest BCUT2D eigenvalue weighted by Gasteiger charge is 2.30. The fraction of sp³-hybridized carbons (Fsp3) is 0.462. The van der Waals surface area contributed by atoms with Gasteiger partial charge in [0.05, 0.1) is 24.1 Å². The number of aliphatic carboxylic acids is 1. The maximum Gasteiger partial charge on any atom is 0.309 e. The first kappa shape index (κ1) is 15.8. The van der Waals surface area contributed by atoms with Crippen molar-refractivity contribution in [3.8, 4) is 11.5 Å². The normalized spacial score (nSPS) is 11.3. The minimum atomic E-state index is -1.07. The van der Waals surface area contributed by atoms with Crippen molar-refractivity contribution in [3.05, 3.63) is 21.9 Å². The van der Waals surface area contributed by atoms with Gasteiger partial charge in [-0.15, -0.1) is 0 Å². The largest absolute Gasteiger partial charge is 0.493 e. The fourth-order valence-electron chi connectivity index (χ4n) is 1.66. The molecule has 1 aromatic rings. The van der Waals surface area contributed by atoms with Gasteiger partial charge < -0.3 is 14.6 Å². The van der Waals surface area contributed by atoms with E-state index in [0.717, 1.165) is 0 Å². The van der Waals surface area contributed by atoms with E-state index in [0.29, 0.717) is 5.75 Å². The summed E-state index contributed by atoms with van der Waals surface area (Å²) in [5, 5.41) is 9.10. The van der Waals surface area contributed by atoms with E-state index in [4.69, 9.17) is 14.6 Å². The SMILES string of the molecule is COc1cc(CC(C)(C)C(=O)O)c(F)c(Br)c1OC. The van der Waals surface area contributed by atoms with Crippen LogP contribution in [0.15, 0.2) is 10.5 Å². The fourth-order valence-corrected chi connectivity index (χ4v) is 2.27. The Hall–Kier alpha value is -1.30. The summed E-state index contributed by atoms with van der Waals surface area (Å²) in [7, 11) is 2.84. The molecule has 1 rings (SSSR count). The zero-order valence-electron chi connectivity index (χ0n) is 11.2. The smallest absolute Gasteiger partial charge is 0.309 e. The first-order valence-electron chi connectivity index (χ1n) is 5.56. The van der Waals surface area contributed by atoms with Gasteiger partial charge in [-0.2, -0.15) is 0 Å². The van der Waals surface area contributed by atoms with Crippen LogP contribution in [0.1, 0.15) is 19.4 Å². The predicted molar refractivity (Wildman–Crippen MR) is 72.3 cm³/mol. The number of benzene rings is 1. The van der Waals surface area contributed by atoms with E-state index >= 15 is 0 Å². The lowest BCUT2D eigenvalue weighted by molar-refractivity contribution is -0.146. The molecule has 0 aliphatic carbocycles. The molecule has 6 heteroatoms. The van der Waals surface area contributed by atoms with Crippen LogP contribution in [-0.4, -0.2) is 25.3 Å². The van der Waals surface area contributed by atoms with Gasteiger partial charge >= 0.3 is 5.97 Å². The highest BCUT2D eigenvalue weighted by molar-refractivity contribution is 9.10. The molecule has 0 heterocycles. The number of carboxylic acid groups (broad SMARTS) is 1. The van der Waals surface area contributed by atoms with E-state index in [2.05, 4.69) is 15.9 Å². The Morgan fingerprint density at radius 1 is 1.42 bits per heavy atom. The van der Waals surface area contributed by atoms with Crippen LogP contribution >= 0.6 is 15.9 Å². The van der Waals surface area contributed by atoms with Crippen LogP contribution in [-0.2, 0) is 11.2 Å². The summed E-state index contributed by atoms with van der Waals surface area (Å²) in [5.41, 5.74) is -0.809. The first-order valence-corrected chi connectivity index (χ1v) is 6.36. The van der Waals surface area contributed by atoms with Crippen LogP contribution in [0, 0.1) is 11.2 Å². The van der Waals surface area contributed by atoms with Crippen molar-refractivity contribution in [3.63, 3.8) is 0 Å². The molecule has 0 unspecified atom stereocenters. The maximum atomic E-state index is 14.2. The third-order valence-corrected chi connectivity index (χ3v) is 3.55. The van der Waals surface area contributed by atoms with E-state index in [9.17, 15) is 9.18 Å². The van der Waals surface area contributed by atoms with E-state index < -0.39 is 17.2 Å². The Morgan fingerprint density at radius 2 is 2.00 bits per heavy atom. The van der Waals surface area contributed by atoms with Crippen LogP contribution in [0.2, 0.25) is 0 Å². The molecule has 0 radical (unpaired) electrons. The molecule has 0 bridgehead atoms. The summed E-state index contributed by atoms with van der Waals surface area (Å²) in [6.45, 7) is 3.08. The van der Waals surface area contributed by atoms with Crippen molar-refractivity contribution in [2.45, 2.75) is 20.3 Å². The standard InChI is InChI=1S/C13H16BrFO4/c1-13(2,12(16)17)6-7-5-8(18-3)11(19-4)9(14)10(7)15/h5H,6H2,1-4H3,(H,16,17). The lowest BCUT2D eigenvalue weighted by Gasteiger charge is -2.21. The van der Waals surface area contributed by atoms with Crippen LogP contribution in [0.3, 0.4) is 0 Å². The number of methoxy groups -OCH3 is 2. The number of hydrogen-bond acceptors (Lipinski definition) is 3. The summed E-state index contributed by atoms with van der Waals surface area (Å²) in [5.74, 6) is -0.923. The van der Waals surface area contributed by atoms with E-state index in [1.807, 2.05) is 0 Å². The summed E-state index contributed by atoms with van der Waals surface area (Å²) in [6, 6.07) is 1.46. The molecular weight excluding hydrogens is 319 g/mol. The van der Waals surface area contributed by atoms with Crippen molar-refractivity contribution >= 4 is 21.9 Å². The second-order valence-electron chi connectivity index (χ2n) is 4.76. The molecule has 0 fully saturated rings. The Kier molecular flexibility index (Phi) is 4.79. The highest BCUT2D eigenvalue weighted by atomic mass is 79.9. The molecule has 0 aliphatic heterocycles. The number of carbonyl (C=O) groups is 1. The van der Waals surface area contributed by atoms with Gasteiger partial charge in [0.2, 0.25) is 0 Å². The topological polar surface area (TPSA) is 55.8 Å². The molecular formula is C13H16BrFO4. The molecule has 0 aromatic heterocycles. The summed E-state index contributed by atoms with van der Waals surface area (Å²) in [4.78, 5) is 11.1. The first-order chi connectivity index (χ1) is 8.74. The molecule has 0 spiro atoms. The summed E-state index contributed by atoms with van der Waals surface area (Å²) in [6.07, 6.45) is 0.0487. The molecule has 19 heavy (non-hydrogen) atoms. The lowest BCUT2D eigenvalue weighted by atomic mass is 9.85. The predicted octanol–water partition coefficient (Wildman–Crippen LogP) is 3.26. The second kappa shape index (κ2) is 5.77. The number of halogens is 2. The van der Waals surface area contributed by atoms with Crippen molar-refractivity contribution < 1.29 is 23.8 Å². The average molecular weight is 335 g/mol. The van der Waals surface area contributed by atoms with Gasteiger partial charge in [0.1, 0.15) is 5.82 Å². The van der Waals surface area contributed by atoms with Gasteiger partial charge in [0, 0.05) is 0 Å². The highest BCUT2D eigenvalue weighted by Crippen LogP contribution is 2.40. The van der Waals surface area contributed by atoms with Crippen molar-refractivity contribution in [2.24, 2.45) is 5.41 Å². The van der Waals surface area contributed by atoms with Gasteiger partial charge in [-0.3, -0.25) is 4.79 Å². The van der Waals surface area contributed by atoms with Crippen LogP contribution in [0.5, 0.6) is 11.5 Å². The third kappa shape index (κ3) is 3.18. The molecule has 0 atom stereocenters. The third-order valence-electron chi connectivity index (χ3n) is 2.84. The van der Waals surface area contributed by atoms with Crippen LogP contribution in [0.25, 0.3) is 0 Å². The van der Waals surface area contributed by atoms with E-state index in [1.54, 1.807) is 13.8 Å². The number of carboxylic acids is 1. The van der Waals surface area contributed by atoms with E-state index in [-0.39, 0.29) is 22.2 Å². The van der Waals surface area contributed by atoms with Crippen LogP contribution in [0.4, 0.5) is 4.39 Å². The van der Waals surface area contributed by atoms with Gasteiger partial charge in [-0.25, -0.2) is 4.39 Å². The van der Waals surface area contributed by atoms with E-state index in [1.165, 1.54) is 20.3 Å². The molecule has 106 valence electrons. The zero-order valence-corrected chi connectivity index (χ0v) is 12.8. The van der Waals surface area contributed by atoms with Gasteiger partial charge in [0.25, 0.3) is 0 Å². The van der Waals surface area contributed by atoms with Crippen molar-refractivity contribution in [1.82, 2.24) is 0 Å². The Labute approximate surface area is 119 Å². The minimum Gasteiger partial charge on any atom is -0.493 e. The minimum absolute atomic E-state index is 0.0487. The van der Waals surface area contributed by atoms with Gasteiger partial charge in [-0.1, -0.05) is 0 Å². The summed E-state index contributed by atoms with van der Waals surface area (Å²) >= 11 is 3.10. The number of ether oxygens (including phenoxy) is 2. The monoisotopic (exact) mass is 334 g/mol. The molecule has 1 aromatic carbocycles. The number of hydrogen-bond donors (Lipinski definition) is 1. The molecule has 1 N–H and O–H groups in total. The van der Waals surface area contributed by atoms with Gasteiger partial charge in [0.15, 0.2) is 11.5 Å². The molecule has 0 aliphatic rings.